The summed E-state index contributed by atoms with van der Waals surface area (Å²) in [5.41, 5.74) is 3.63. The van der Waals surface area contributed by atoms with E-state index in [4.69, 9.17) is 15.3 Å². The fraction of sp³-hybridized carbons (Fsp3) is 0.115. The molecule has 0 aliphatic rings. The van der Waals surface area contributed by atoms with Crippen molar-refractivity contribution in [2.24, 2.45) is 5.84 Å². The molecule has 0 fully saturated rings. The van der Waals surface area contributed by atoms with Gasteiger partial charge in [0.05, 0.1) is 17.8 Å². The van der Waals surface area contributed by atoms with Gasteiger partial charge >= 0.3 is 0 Å². The summed E-state index contributed by atoms with van der Waals surface area (Å²) < 4.78 is 41.0. The highest BCUT2D eigenvalue weighted by molar-refractivity contribution is 8.00. The first-order valence-corrected chi connectivity index (χ1v) is 14.1. The summed E-state index contributed by atoms with van der Waals surface area (Å²) in [7, 11) is -2.70. The van der Waals surface area contributed by atoms with Crippen LogP contribution in [0.4, 0.5) is 5.82 Å². The minimum atomic E-state index is -4.17. The maximum Gasteiger partial charge on any atom is 0.263 e. The van der Waals surface area contributed by atoms with E-state index >= 15 is 0 Å². The van der Waals surface area contributed by atoms with Crippen molar-refractivity contribution in [2.75, 3.05) is 17.6 Å². The first kappa shape index (κ1) is 28.5. The molecule has 1 amide bonds. The van der Waals surface area contributed by atoms with Crippen LogP contribution in [-0.4, -0.2) is 47.1 Å². The van der Waals surface area contributed by atoms with Gasteiger partial charge in [-0.2, -0.15) is 0 Å². The van der Waals surface area contributed by atoms with Crippen LogP contribution in [0.5, 0.6) is 17.2 Å². The molecule has 2 aromatic carbocycles. The number of nitrogens with two attached hydrogens (primary N) is 1. The number of hydrazine groups is 1. The highest BCUT2D eigenvalue weighted by Crippen LogP contribution is 2.41. The van der Waals surface area contributed by atoms with Gasteiger partial charge in [-0.05, 0) is 42.8 Å². The molecule has 2 heterocycles. The summed E-state index contributed by atoms with van der Waals surface area (Å²) in [4.78, 5) is 29.2. The zero-order valence-corrected chi connectivity index (χ0v) is 23.1. The monoisotopic (exact) mass is 579 g/mol. The molecule has 0 saturated heterocycles. The number of ether oxygens (including phenoxy) is 2. The summed E-state index contributed by atoms with van der Waals surface area (Å²) in [6, 6.07) is 14.6. The Bertz CT molecular complexity index is 1630. The molecular weight excluding hydrogens is 554 g/mol. The van der Waals surface area contributed by atoms with Gasteiger partial charge in [0, 0.05) is 12.4 Å². The number of nitrogens with zero attached hydrogens (tertiary/aromatic N) is 4. The van der Waals surface area contributed by atoms with Crippen molar-refractivity contribution in [2.45, 2.75) is 16.8 Å². The van der Waals surface area contributed by atoms with Gasteiger partial charge < -0.3 is 9.47 Å². The van der Waals surface area contributed by atoms with Crippen molar-refractivity contribution < 1.29 is 22.7 Å². The average Bonchev–Trinajstić information content (AvgIpc) is 2.97. The number of aromatic nitrogens is 4. The first-order valence-electron chi connectivity index (χ1n) is 11.6. The van der Waals surface area contributed by atoms with Gasteiger partial charge in [-0.1, -0.05) is 48.2 Å². The van der Waals surface area contributed by atoms with E-state index in [1.807, 2.05) is 12.3 Å². The third-order valence-corrected chi connectivity index (χ3v) is 7.58. The fourth-order valence-electron chi connectivity index (χ4n) is 3.30. The highest BCUT2D eigenvalue weighted by atomic mass is 32.2. The first-order chi connectivity index (χ1) is 19.2. The maximum atomic E-state index is 13.5. The molecule has 14 heteroatoms. The standard InChI is InChI=1S/C26H25N7O5S2/c1-16(2)17-9-11-18(12-10-17)40(35,36)33-23-22(38-20-8-5-4-7-19(20)37-3)26(39-15-21(34)32-27)31-25(30-23)24-28-13-6-14-29-24/h4-14H,1,15,27H2,2-3H3,(H,32,34)(H,30,31,33). The molecule has 0 spiro atoms. The van der Waals surface area contributed by atoms with Crippen molar-refractivity contribution in [3.8, 4) is 28.9 Å². The number of carbonyl (C=O) groups is 1. The number of hydrogen-bond acceptors (Lipinski definition) is 11. The lowest BCUT2D eigenvalue weighted by atomic mass is 10.1. The lowest BCUT2D eigenvalue weighted by Gasteiger charge is -2.17. The second-order valence-corrected chi connectivity index (χ2v) is 10.8. The van der Waals surface area contributed by atoms with E-state index in [1.165, 1.54) is 31.6 Å². The molecule has 2 aromatic heterocycles. The van der Waals surface area contributed by atoms with Crippen molar-refractivity contribution >= 4 is 39.1 Å². The number of thioether (sulfide) groups is 1. The number of para-hydroxylation sites is 2. The van der Waals surface area contributed by atoms with E-state index in [9.17, 15) is 13.2 Å². The third-order valence-electron chi connectivity index (χ3n) is 5.27. The quantitative estimate of drug-likeness (QED) is 0.0779. The van der Waals surface area contributed by atoms with Crippen LogP contribution in [0.1, 0.15) is 12.5 Å². The largest absolute Gasteiger partial charge is 0.493 e. The average molecular weight is 580 g/mol. The second kappa shape index (κ2) is 12.5. The van der Waals surface area contributed by atoms with Gasteiger partial charge in [-0.3, -0.25) is 14.9 Å². The molecule has 0 aliphatic heterocycles. The number of hydrogen-bond donors (Lipinski definition) is 3. The van der Waals surface area contributed by atoms with Crippen LogP contribution >= 0.6 is 11.8 Å². The number of methoxy groups -OCH3 is 1. The maximum absolute atomic E-state index is 13.5. The minimum absolute atomic E-state index is 0.000960. The molecule has 0 aliphatic carbocycles. The Hall–Kier alpha value is -4.53. The molecule has 0 bridgehead atoms. The number of rotatable bonds is 11. The van der Waals surface area contributed by atoms with Crippen LogP contribution in [0.2, 0.25) is 0 Å². The minimum Gasteiger partial charge on any atom is -0.493 e. The molecule has 0 unspecified atom stereocenters. The zero-order chi connectivity index (χ0) is 28.7. The van der Waals surface area contributed by atoms with Gasteiger partial charge in [0.15, 0.2) is 23.1 Å². The van der Waals surface area contributed by atoms with E-state index in [0.29, 0.717) is 5.75 Å². The Morgan fingerprint density at radius 3 is 2.30 bits per heavy atom. The van der Waals surface area contributed by atoms with Gasteiger partial charge in [0.2, 0.25) is 17.5 Å². The Morgan fingerprint density at radius 1 is 1.00 bits per heavy atom. The van der Waals surface area contributed by atoms with Gasteiger partial charge in [-0.25, -0.2) is 34.2 Å². The fourth-order valence-corrected chi connectivity index (χ4v) is 5.07. The van der Waals surface area contributed by atoms with Crippen molar-refractivity contribution in [1.29, 1.82) is 0 Å². The van der Waals surface area contributed by atoms with Crippen molar-refractivity contribution in [3.63, 3.8) is 0 Å². The van der Waals surface area contributed by atoms with E-state index in [2.05, 4.69) is 31.2 Å². The molecule has 4 rings (SSSR count). The number of sulfonamides is 1. The Balaban J connectivity index is 1.87. The Kier molecular flexibility index (Phi) is 8.93. The summed E-state index contributed by atoms with van der Waals surface area (Å²) in [5.74, 6) is 5.09. The molecular formula is C26H25N7O5S2. The number of nitrogens with one attached hydrogen (secondary N) is 2. The van der Waals surface area contributed by atoms with Crippen LogP contribution in [0.15, 0.2) is 83.5 Å². The smallest absolute Gasteiger partial charge is 0.263 e. The molecule has 0 radical (unpaired) electrons. The molecule has 40 heavy (non-hydrogen) atoms. The molecule has 4 aromatic rings. The topological polar surface area (TPSA) is 171 Å². The number of amides is 1. The molecule has 0 atom stereocenters. The van der Waals surface area contributed by atoms with Crippen molar-refractivity contribution in [1.82, 2.24) is 25.4 Å². The predicted octanol–water partition coefficient (Wildman–Crippen LogP) is 3.65. The van der Waals surface area contributed by atoms with Gasteiger partial charge in [0.25, 0.3) is 10.0 Å². The number of anilines is 1. The zero-order valence-electron chi connectivity index (χ0n) is 21.5. The Labute approximate surface area is 235 Å². The van der Waals surface area contributed by atoms with E-state index in [1.54, 1.807) is 42.5 Å². The van der Waals surface area contributed by atoms with Crippen molar-refractivity contribution in [3.05, 3.63) is 79.1 Å². The molecule has 206 valence electrons. The van der Waals surface area contributed by atoms with Crippen LogP contribution < -0.4 is 25.5 Å². The summed E-state index contributed by atoms with van der Waals surface area (Å²) >= 11 is 0.953. The predicted molar refractivity (Wildman–Crippen MR) is 151 cm³/mol. The van der Waals surface area contributed by atoms with Crippen LogP contribution in [0.25, 0.3) is 17.2 Å². The summed E-state index contributed by atoms with van der Waals surface area (Å²) in [6.45, 7) is 5.70. The van der Waals surface area contributed by atoms with Gasteiger partial charge in [-0.15, -0.1) is 0 Å². The SMILES string of the molecule is C=C(C)c1ccc(S(=O)(=O)Nc2nc(-c3ncccn3)nc(SCC(=O)NN)c2Oc2ccccc2OC)cc1. The lowest BCUT2D eigenvalue weighted by Crippen LogP contribution is -2.31. The molecule has 12 nitrogen and oxygen atoms in total. The summed E-state index contributed by atoms with van der Waals surface area (Å²) in [5, 5.41) is 0.127. The molecule has 4 N–H and O–H groups in total. The third kappa shape index (κ3) is 6.72. The highest BCUT2D eigenvalue weighted by Gasteiger charge is 2.25. The van der Waals surface area contributed by atoms with E-state index in [0.717, 1.165) is 22.9 Å². The number of allylic oxidation sites excluding steroid dienone is 1. The van der Waals surface area contributed by atoms with Crippen LogP contribution in [0.3, 0.4) is 0 Å². The second-order valence-electron chi connectivity index (χ2n) is 8.12. The number of benzene rings is 2. The van der Waals surface area contributed by atoms with E-state index < -0.39 is 15.9 Å². The van der Waals surface area contributed by atoms with Crippen LogP contribution in [-0.2, 0) is 14.8 Å². The summed E-state index contributed by atoms with van der Waals surface area (Å²) in [6.07, 6.45) is 2.99. The normalized spacial score (nSPS) is 11.0. The number of carbonyl (C=O) groups excluding carboxylic acids is 1. The van der Waals surface area contributed by atoms with Gasteiger partial charge in [0.1, 0.15) is 5.03 Å². The van der Waals surface area contributed by atoms with Crippen LogP contribution in [0, 0.1) is 0 Å². The van der Waals surface area contributed by atoms with E-state index in [-0.39, 0.29) is 44.6 Å². The lowest BCUT2D eigenvalue weighted by molar-refractivity contribution is -0.118. The molecule has 0 saturated carbocycles. The Morgan fingerprint density at radius 2 is 1.68 bits per heavy atom.